The summed E-state index contributed by atoms with van der Waals surface area (Å²) in [6.45, 7) is 0.798. The predicted octanol–water partition coefficient (Wildman–Crippen LogP) is 0.289. The van der Waals surface area contributed by atoms with E-state index in [4.69, 9.17) is 4.74 Å². The fourth-order valence-corrected chi connectivity index (χ4v) is 2.40. The summed E-state index contributed by atoms with van der Waals surface area (Å²) in [6.07, 6.45) is 2.07. The molecule has 3 aromatic rings. The Morgan fingerprint density at radius 2 is 1.82 bits per heavy atom. The molecule has 3 nitrogen and oxygen atoms in total. The van der Waals surface area contributed by atoms with E-state index in [9.17, 15) is 0 Å². The Balaban J connectivity index is 0.00000176. The van der Waals surface area contributed by atoms with Crippen LogP contribution in [-0.4, -0.2) is 7.11 Å². The molecule has 0 spiro atoms. The maximum absolute atomic E-state index is 5.17. The van der Waals surface area contributed by atoms with E-state index in [1.807, 2.05) is 12.1 Å². The highest BCUT2D eigenvalue weighted by atomic mass is 127. The zero-order valence-corrected chi connectivity index (χ0v) is 14.9. The molecule has 4 heteroatoms. The number of rotatable bonds is 4. The van der Waals surface area contributed by atoms with E-state index in [0.29, 0.717) is 0 Å². The summed E-state index contributed by atoms with van der Waals surface area (Å²) in [7, 11) is 3.75. The van der Waals surface area contributed by atoms with Gasteiger partial charge in [0.05, 0.1) is 7.11 Å². The van der Waals surface area contributed by atoms with Crippen LogP contribution in [0.3, 0.4) is 0 Å². The third-order valence-corrected chi connectivity index (χ3v) is 3.65. The Bertz CT molecular complexity index is 757. The van der Waals surface area contributed by atoms with Crippen molar-refractivity contribution < 1.29 is 33.3 Å². The van der Waals surface area contributed by atoms with Crippen molar-refractivity contribution in [3.63, 3.8) is 0 Å². The lowest BCUT2D eigenvalue weighted by molar-refractivity contribution is -0.644. The van der Waals surface area contributed by atoms with Crippen molar-refractivity contribution in [2.75, 3.05) is 12.4 Å². The normalized spacial score (nSPS) is 10.1. The molecule has 1 N–H and O–H groups in total. The van der Waals surface area contributed by atoms with E-state index in [0.717, 1.165) is 18.0 Å². The fraction of sp³-hybridized carbons (Fsp3) is 0.167. The molecule has 0 atom stereocenters. The van der Waals surface area contributed by atoms with Gasteiger partial charge >= 0.3 is 0 Å². The summed E-state index contributed by atoms with van der Waals surface area (Å²) in [5.41, 5.74) is 3.57. The average molecular weight is 406 g/mol. The van der Waals surface area contributed by atoms with E-state index in [2.05, 4.69) is 65.6 Å². The molecule has 0 amide bonds. The molecule has 0 aliphatic rings. The summed E-state index contributed by atoms with van der Waals surface area (Å²) < 4.78 is 7.30. The van der Waals surface area contributed by atoms with Gasteiger partial charge in [-0.25, -0.2) is 4.57 Å². The van der Waals surface area contributed by atoms with Crippen LogP contribution in [0.15, 0.2) is 60.8 Å². The molecule has 0 saturated heterocycles. The van der Waals surface area contributed by atoms with E-state index in [1.165, 1.54) is 16.5 Å². The maximum Gasteiger partial charge on any atom is 0.214 e. The van der Waals surface area contributed by atoms with Gasteiger partial charge in [-0.2, -0.15) is 0 Å². The van der Waals surface area contributed by atoms with Crippen LogP contribution < -0.4 is 38.6 Å². The first-order valence-electron chi connectivity index (χ1n) is 7.01. The van der Waals surface area contributed by atoms with E-state index < -0.39 is 0 Å². The molecule has 0 radical (unpaired) electrons. The van der Waals surface area contributed by atoms with Crippen molar-refractivity contribution in [3.8, 4) is 5.75 Å². The van der Waals surface area contributed by atoms with Crippen LogP contribution in [0.4, 0.5) is 5.69 Å². The topological polar surface area (TPSA) is 25.1 Å². The second-order valence-electron chi connectivity index (χ2n) is 5.09. The van der Waals surface area contributed by atoms with Crippen molar-refractivity contribution in [1.82, 2.24) is 0 Å². The lowest BCUT2D eigenvalue weighted by Gasteiger charge is -2.08. The third-order valence-electron chi connectivity index (χ3n) is 3.65. The van der Waals surface area contributed by atoms with Crippen LogP contribution >= 0.6 is 0 Å². The number of nitrogens with one attached hydrogen (secondary N) is 1. The number of benzene rings is 2. The molecular weight excluding hydrogens is 387 g/mol. The highest BCUT2D eigenvalue weighted by molar-refractivity contribution is 5.79. The first kappa shape index (κ1) is 16.5. The molecule has 0 bridgehead atoms. The number of nitrogens with zero attached hydrogens (tertiary/aromatic N) is 1. The molecule has 1 heterocycles. The molecule has 3 rings (SSSR count). The van der Waals surface area contributed by atoms with Crippen LogP contribution in [0.25, 0.3) is 10.9 Å². The number of aryl methyl sites for hydroxylation is 1. The Morgan fingerprint density at radius 3 is 2.55 bits per heavy atom. The van der Waals surface area contributed by atoms with Gasteiger partial charge in [0, 0.05) is 29.8 Å². The second kappa shape index (κ2) is 7.45. The van der Waals surface area contributed by atoms with Crippen molar-refractivity contribution >= 4 is 16.6 Å². The number of halogens is 1. The van der Waals surface area contributed by atoms with Gasteiger partial charge in [-0.1, -0.05) is 12.1 Å². The monoisotopic (exact) mass is 406 g/mol. The number of anilines is 1. The molecular formula is C18H19IN2O. The van der Waals surface area contributed by atoms with Crippen molar-refractivity contribution in [3.05, 3.63) is 66.4 Å². The molecule has 1 aromatic heterocycles. The summed E-state index contributed by atoms with van der Waals surface area (Å²) in [5.74, 6) is 0.886. The predicted molar refractivity (Wildman–Crippen MR) is 85.4 cm³/mol. The summed E-state index contributed by atoms with van der Waals surface area (Å²) in [4.78, 5) is 0. The first-order chi connectivity index (χ1) is 10.3. The van der Waals surface area contributed by atoms with Gasteiger partial charge in [0.1, 0.15) is 12.8 Å². The number of hydrogen-bond acceptors (Lipinski definition) is 2. The van der Waals surface area contributed by atoms with Gasteiger partial charge in [0.2, 0.25) is 5.52 Å². The molecule has 0 aliphatic carbocycles. The molecule has 0 fully saturated rings. The minimum Gasteiger partial charge on any atom is -1.00 e. The van der Waals surface area contributed by atoms with Gasteiger partial charge in [-0.3, -0.25) is 0 Å². The highest BCUT2D eigenvalue weighted by Crippen LogP contribution is 2.17. The van der Waals surface area contributed by atoms with Crippen molar-refractivity contribution in [1.29, 1.82) is 0 Å². The summed E-state index contributed by atoms with van der Waals surface area (Å²) in [5, 5.41) is 4.71. The first-order valence-corrected chi connectivity index (χ1v) is 7.01. The quantitative estimate of drug-likeness (QED) is 0.498. The van der Waals surface area contributed by atoms with Crippen LogP contribution in [-0.2, 0) is 13.6 Å². The highest BCUT2D eigenvalue weighted by Gasteiger charge is 2.05. The minimum absolute atomic E-state index is 0. The smallest absolute Gasteiger partial charge is 0.214 e. The van der Waals surface area contributed by atoms with Gasteiger partial charge in [0.25, 0.3) is 0 Å². The van der Waals surface area contributed by atoms with Gasteiger partial charge < -0.3 is 34.0 Å². The SMILES string of the molecule is COc1ccc(CNc2ccc3ccc[n+](C)c3c2)cc1.[I-]. The zero-order valence-electron chi connectivity index (χ0n) is 12.7. The van der Waals surface area contributed by atoms with Crippen molar-refractivity contribution in [2.24, 2.45) is 7.05 Å². The number of pyridine rings is 1. The number of hydrogen-bond donors (Lipinski definition) is 1. The Hall–Kier alpha value is -1.82. The van der Waals surface area contributed by atoms with Crippen LogP contribution in [0.2, 0.25) is 0 Å². The molecule has 114 valence electrons. The fourth-order valence-electron chi connectivity index (χ4n) is 2.40. The van der Waals surface area contributed by atoms with Gasteiger partial charge in [-0.15, -0.1) is 0 Å². The van der Waals surface area contributed by atoms with Gasteiger partial charge in [0.15, 0.2) is 6.20 Å². The van der Waals surface area contributed by atoms with Crippen molar-refractivity contribution in [2.45, 2.75) is 6.54 Å². The lowest BCUT2D eigenvalue weighted by Crippen LogP contribution is -3.00. The third kappa shape index (κ3) is 3.68. The standard InChI is InChI=1S/C18H18N2O.HI/c1-20-11-3-4-15-7-8-16(12-18(15)20)19-13-14-5-9-17(21-2)10-6-14;/h3-12H,13H2,1-2H3;1H. The molecule has 0 saturated carbocycles. The summed E-state index contributed by atoms with van der Waals surface area (Å²) >= 11 is 0. The Labute approximate surface area is 148 Å². The molecule has 0 aliphatic heterocycles. The molecule has 0 unspecified atom stereocenters. The van der Waals surface area contributed by atoms with Crippen LogP contribution in [0.1, 0.15) is 5.56 Å². The number of methoxy groups -OCH3 is 1. The maximum atomic E-state index is 5.17. The number of ether oxygens (including phenoxy) is 1. The van der Waals surface area contributed by atoms with Crippen LogP contribution in [0, 0.1) is 0 Å². The Kier molecular flexibility index (Phi) is 5.60. The number of fused-ring (bicyclic) bond motifs is 1. The lowest BCUT2D eigenvalue weighted by atomic mass is 10.2. The largest absolute Gasteiger partial charge is 1.00 e. The number of aromatic nitrogens is 1. The van der Waals surface area contributed by atoms with E-state index in [1.54, 1.807) is 7.11 Å². The van der Waals surface area contributed by atoms with E-state index in [-0.39, 0.29) is 24.0 Å². The average Bonchev–Trinajstić information content (AvgIpc) is 2.54. The van der Waals surface area contributed by atoms with E-state index >= 15 is 0 Å². The zero-order chi connectivity index (χ0) is 14.7. The minimum atomic E-state index is 0. The Morgan fingerprint density at radius 1 is 1.05 bits per heavy atom. The van der Waals surface area contributed by atoms with Crippen LogP contribution in [0.5, 0.6) is 5.75 Å². The van der Waals surface area contributed by atoms with Gasteiger partial charge in [-0.05, 0) is 35.9 Å². The molecule has 22 heavy (non-hydrogen) atoms. The second-order valence-corrected chi connectivity index (χ2v) is 5.09. The molecule has 2 aromatic carbocycles. The summed E-state index contributed by atoms with van der Waals surface area (Å²) in [6, 6.07) is 18.8.